The van der Waals surface area contributed by atoms with Crippen LogP contribution in [-0.2, 0) is 20.5 Å². The number of nitrogens with zero attached hydrogens (tertiary/aromatic N) is 2. The highest BCUT2D eigenvalue weighted by molar-refractivity contribution is 8.18. The summed E-state index contributed by atoms with van der Waals surface area (Å²) in [6.45, 7) is 4.86. The molecule has 1 fully saturated rings. The molecule has 1 aliphatic rings. The number of nitrogens with one attached hydrogen (secondary N) is 1. The van der Waals surface area contributed by atoms with Crippen LogP contribution in [0.15, 0.2) is 53.4 Å². The number of benzene rings is 2. The number of thioether (sulfide) groups is 1. The van der Waals surface area contributed by atoms with Crippen LogP contribution in [0, 0.1) is 13.8 Å². The Labute approximate surface area is 248 Å². The van der Waals surface area contributed by atoms with Gasteiger partial charge in [0.2, 0.25) is 5.91 Å². The Morgan fingerprint density at radius 3 is 2.52 bits per heavy atom. The monoisotopic (exact) mass is 619 g/mol. The molecule has 0 aliphatic carbocycles. The van der Waals surface area contributed by atoms with Crippen molar-refractivity contribution in [3.63, 3.8) is 0 Å². The van der Waals surface area contributed by atoms with Gasteiger partial charge in [-0.3, -0.25) is 19.3 Å². The minimum atomic E-state index is -4.50. The molecule has 0 spiro atoms. The van der Waals surface area contributed by atoms with Crippen molar-refractivity contribution in [3.05, 3.63) is 86.5 Å². The quantitative estimate of drug-likeness (QED) is 0.215. The first-order valence-corrected chi connectivity index (χ1v) is 13.9. The molecule has 42 heavy (non-hydrogen) atoms. The first-order valence-electron chi connectivity index (χ1n) is 12.7. The molecule has 0 radical (unpaired) electrons. The number of halogens is 4. The molecule has 0 bridgehead atoms. The van der Waals surface area contributed by atoms with Gasteiger partial charge >= 0.3 is 12.1 Å². The molecular formula is C29H25ClF3N3O5S. The second-order valence-corrected chi connectivity index (χ2v) is 10.8. The standard InChI is InChI=1S/C29H25ClF3N3O5S/c1-4-10-41-27(39)22-14-20(8-9-23(22)30)34-25(37)15-35-26(38)24(42-28(35)40)12-18-11-16(2)36(17(18)3)21-7-5-6-19(13-21)29(31,32)33/h5-9,11-14H,4,10,15H2,1-3H3,(H,34,37)/b24-12-. The van der Waals surface area contributed by atoms with Crippen molar-refractivity contribution < 1.29 is 37.1 Å². The fourth-order valence-electron chi connectivity index (χ4n) is 4.31. The van der Waals surface area contributed by atoms with Crippen LogP contribution in [0.1, 0.15) is 46.2 Å². The fraction of sp³-hybridized carbons (Fsp3) is 0.241. The maximum atomic E-state index is 13.2. The average Bonchev–Trinajstić information content (AvgIpc) is 3.36. The molecule has 0 unspecified atom stereocenters. The Bertz CT molecular complexity index is 1620. The number of rotatable bonds is 8. The number of amides is 3. The third-order valence-electron chi connectivity index (χ3n) is 6.27. The Morgan fingerprint density at radius 1 is 1.10 bits per heavy atom. The van der Waals surface area contributed by atoms with Gasteiger partial charge < -0.3 is 14.6 Å². The maximum absolute atomic E-state index is 13.2. The number of carbonyl (C=O) groups is 4. The van der Waals surface area contributed by atoms with E-state index < -0.39 is 41.3 Å². The van der Waals surface area contributed by atoms with E-state index in [1.54, 1.807) is 30.5 Å². The van der Waals surface area contributed by atoms with Crippen LogP contribution in [0.5, 0.6) is 0 Å². The van der Waals surface area contributed by atoms with Gasteiger partial charge in [0, 0.05) is 22.8 Å². The van der Waals surface area contributed by atoms with Gasteiger partial charge in [0.15, 0.2) is 0 Å². The summed E-state index contributed by atoms with van der Waals surface area (Å²) in [5.41, 5.74) is 1.50. The van der Waals surface area contributed by atoms with Gasteiger partial charge in [0.25, 0.3) is 11.1 Å². The molecule has 2 aromatic carbocycles. The van der Waals surface area contributed by atoms with Gasteiger partial charge in [-0.05, 0) is 86.1 Å². The fourth-order valence-corrected chi connectivity index (χ4v) is 5.33. The number of aryl methyl sites for hydroxylation is 1. The number of aromatic nitrogens is 1. The topological polar surface area (TPSA) is 97.7 Å². The van der Waals surface area contributed by atoms with Crippen molar-refractivity contribution in [1.29, 1.82) is 0 Å². The minimum absolute atomic E-state index is 0.0553. The van der Waals surface area contributed by atoms with E-state index in [0.717, 1.165) is 17.0 Å². The van der Waals surface area contributed by atoms with Crippen molar-refractivity contribution in [2.24, 2.45) is 0 Å². The molecular weight excluding hydrogens is 595 g/mol. The van der Waals surface area contributed by atoms with Crippen molar-refractivity contribution in [2.45, 2.75) is 33.4 Å². The van der Waals surface area contributed by atoms with E-state index in [2.05, 4.69) is 5.32 Å². The lowest BCUT2D eigenvalue weighted by molar-refractivity contribution is -0.137. The van der Waals surface area contributed by atoms with Crippen molar-refractivity contribution in [3.8, 4) is 5.69 Å². The summed E-state index contributed by atoms with van der Waals surface area (Å²) >= 11 is 6.73. The third-order valence-corrected chi connectivity index (χ3v) is 7.51. The lowest BCUT2D eigenvalue weighted by atomic mass is 10.2. The number of carbonyl (C=O) groups excluding carboxylic acids is 4. The lowest BCUT2D eigenvalue weighted by Crippen LogP contribution is -2.36. The smallest absolute Gasteiger partial charge is 0.416 e. The largest absolute Gasteiger partial charge is 0.462 e. The zero-order chi connectivity index (χ0) is 30.8. The Morgan fingerprint density at radius 2 is 1.83 bits per heavy atom. The van der Waals surface area contributed by atoms with Crippen LogP contribution in [0.3, 0.4) is 0 Å². The lowest BCUT2D eigenvalue weighted by Gasteiger charge is -2.13. The summed E-state index contributed by atoms with van der Waals surface area (Å²) < 4.78 is 46.5. The summed E-state index contributed by atoms with van der Waals surface area (Å²) in [6.07, 6.45) is -2.41. The van der Waals surface area contributed by atoms with Gasteiger partial charge in [0.05, 0.1) is 27.7 Å². The van der Waals surface area contributed by atoms with E-state index in [4.69, 9.17) is 16.3 Å². The predicted molar refractivity (Wildman–Crippen MR) is 154 cm³/mol. The summed E-state index contributed by atoms with van der Waals surface area (Å²) in [6, 6.07) is 10.8. The zero-order valence-electron chi connectivity index (χ0n) is 22.7. The van der Waals surface area contributed by atoms with E-state index in [-0.39, 0.29) is 27.8 Å². The number of alkyl halides is 3. The first-order chi connectivity index (χ1) is 19.8. The average molecular weight is 620 g/mol. The predicted octanol–water partition coefficient (Wildman–Crippen LogP) is 7.01. The first kappa shape index (κ1) is 30.9. The molecule has 3 aromatic rings. The Hall–Kier alpha value is -4.03. The van der Waals surface area contributed by atoms with Crippen LogP contribution in [0.4, 0.5) is 23.7 Å². The van der Waals surface area contributed by atoms with Crippen LogP contribution in [-0.4, -0.2) is 45.6 Å². The molecule has 13 heteroatoms. The summed E-state index contributed by atoms with van der Waals surface area (Å²) in [5, 5.41) is 2.02. The van der Waals surface area contributed by atoms with E-state index in [1.807, 2.05) is 6.92 Å². The number of hydrogen-bond donors (Lipinski definition) is 1. The third kappa shape index (κ3) is 6.71. The van der Waals surface area contributed by atoms with Gasteiger partial charge in [-0.1, -0.05) is 24.6 Å². The van der Waals surface area contributed by atoms with Gasteiger partial charge in [0.1, 0.15) is 6.54 Å². The van der Waals surface area contributed by atoms with Gasteiger partial charge in [-0.15, -0.1) is 0 Å². The van der Waals surface area contributed by atoms with Crippen molar-refractivity contribution >= 4 is 58.1 Å². The number of imide groups is 1. The van der Waals surface area contributed by atoms with Crippen LogP contribution >= 0.6 is 23.4 Å². The van der Waals surface area contributed by atoms with E-state index >= 15 is 0 Å². The number of ether oxygens (including phenoxy) is 1. The molecule has 220 valence electrons. The second-order valence-electron chi connectivity index (χ2n) is 9.36. The van der Waals surface area contributed by atoms with Crippen molar-refractivity contribution in [2.75, 3.05) is 18.5 Å². The highest BCUT2D eigenvalue weighted by Crippen LogP contribution is 2.35. The SMILES string of the molecule is CCCOC(=O)c1cc(NC(=O)CN2C(=O)S/C(=C\c3cc(C)n(-c4cccc(C(F)(F)F)c4)c3C)C2=O)ccc1Cl. The van der Waals surface area contributed by atoms with Crippen LogP contribution in [0.25, 0.3) is 11.8 Å². The molecule has 3 amide bonds. The molecule has 0 atom stereocenters. The van der Waals surface area contributed by atoms with E-state index in [1.165, 1.54) is 30.3 Å². The number of hydrogen-bond acceptors (Lipinski definition) is 6. The normalized spacial score (nSPS) is 14.5. The highest BCUT2D eigenvalue weighted by Gasteiger charge is 2.37. The highest BCUT2D eigenvalue weighted by atomic mass is 35.5. The van der Waals surface area contributed by atoms with Gasteiger partial charge in [-0.2, -0.15) is 13.2 Å². The van der Waals surface area contributed by atoms with E-state index in [9.17, 15) is 32.3 Å². The van der Waals surface area contributed by atoms with Crippen molar-refractivity contribution in [1.82, 2.24) is 9.47 Å². The molecule has 1 N–H and O–H groups in total. The summed E-state index contributed by atoms with van der Waals surface area (Å²) in [5.74, 6) is -2.03. The molecule has 0 saturated carbocycles. The Balaban J connectivity index is 1.50. The molecule has 1 aromatic heterocycles. The molecule has 1 aliphatic heterocycles. The minimum Gasteiger partial charge on any atom is -0.462 e. The molecule has 2 heterocycles. The van der Waals surface area contributed by atoms with Gasteiger partial charge in [-0.25, -0.2) is 4.79 Å². The molecule has 1 saturated heterocycles. The maximum Gasteiger partial charge on any atom is 0.416 e. The number of esters is 1. The summed E-state index contributed by atoms with van der Waals surface area (Å²) in [4.78, 5) is 51.4. The van der Waals surface area contributed by atoms with Crippen LogP contribution < -0.4 is 5.32 Å². The summed E-state index contributed by atoms with van der Waals surface area (Å²) in [7, 11) is 0. The Kier molecular flexibility index (Phi) is 9.17. The second kappa shape index (κ2) is 12.5. The number of anilines is 1. The molecule has 8 nitrogen and oxygen atoms in total. The van der Waals surface area contributed by atoms with Crippen LogP contribution in [0.2, 0.25) is 5.02 Å². The zero-order valence-corrected chi connectivity index (χ0v) is 24.2. The van der Waals surface area contributed by atoms with E-state index in [0.29, 0.717) is 40.8 Å². The molecule has 4 rings (SSSR count).